The predicted molar refractivity (Wildman–Crippen MR) is 64.8 cm³/mol. The van der Waals surface area contributed by atoms with Crippen LogP contribution in [-0.2, 0) is 12.6 Å². The van der Waals surface area contributed by atoms with E-state index in [-0.39, 0.29) is 0 Å². The summed E-state index contributed by atoms with van der Waals surface area (Å²) < 4.78 is 2.33. The van der Waals surface area contributed by atoms with Crippen molar-refractivity contribution < 1.29 is 5.11 Å². The van der Waals surface area contributed by atoms with Crippen LogP contribution in [0, 0.1) is 5.41 Å². The topological polar surface area (TPSA) is 50.9 Å². The Morgan fingerprint density at radius 3 is 2.25 bits per heavy atom. The zero-order valence-corrected chi connectivity index (χ0v) is 11.6. The fourth-order valence-corrected chi connectivity index (χ4v) is 3.10. The first-order valence-corrected chi connectivity index (χ1v) is 6.41. The first kappa shape index (κ1) is 12.0. The molecule has 1 aromatic heterocycles. The lowest BCUT2D eigenvalue weighted by molar-refractivity contribution is -0.0372. The van der Waals surface area contributed by atoms with Crippen LogP contribution in [0.15, 0.2) is 4.60 Å². The third kappa shape index (κ3) is 2.02. The van der Waals surface area contributed by atoms with Crippen LogP contribution in [-0.4, -0.2) is 20.1 Å². The molecule has 0 atom stereocenters. The molecule has 0 amide bonds. The molecular weight excluding hydrogens is 270 g/mol. The van der Waals surface area contributed by atoms with Gasteiger partial charge < -0.3 is 5.11 Å². The summed E-state index contributed by atoms with van der Waals surface area (Å²) in [6.07, 6.45) is 3.61. The molecule has 0 saturated heterocycles. The minimum Gasteiger partial charge on any atom is -0.383 e. The van der Waals surface area contributed by atoms with Gasteiger partial charge >= 0.3 is 0 Å². The number of hydrogen-bond donors (Lipinski definition) is 1. The van der Waals surface area contributed by atoms with E-state index in [2.05, 4.69) is 40.1 Å². The maximum absolute atomic E-state index is 10.7. The second-order valence-electron chi connectivity index (χ2n) is 5.55. The van der Waals surface area contributed by atoms with Crippen molar-refractivity contribution in [3.05, 3.63) is 10.3 Å². The number of halogens is 1. The van der Waals surface area contributed by atoms with Crippen LogP contribution in [0.1, 0.15) is 45.2 Å². The van der Waals surface area contributed by atoms with Gasteiger partial charge in [-0.15, -0.1) is 5.10 Å². The van der Waals surface area contributed by atoms with Crippen LogP contribution < -0.4 is 0 Å². The molecule has 0 spiro atoms. The van der Waals surface area contributed by atoms with Crippen molar-refractivity contribution in [1.29, 1.82) is 0 Å². The van der Waals surface area contributed by atoms with Crippen LogP contribution in [0.3, 0.4) is 0 Å². The molecule has 90 valence electrons. The van der Waals surface area contributed by atoms with Gasteiger partial charge in [-0.3, -0.25) is 0 Å². The highest BCUT2D eigenvalue weighted by molar-refractivity contribution is 9.10. The van der Waals surface area contributed by atoms with Gasteiger partial charge in [0.25, 0.3) is 0 Å². The molecule has 1 fully saturated rings. The molecule has 0 aromatic carbocycles. The van der Waals surface area contributed by atoms with Gasteiger partial charge in [0.2, 0.25) is 0 Å². The molecule has 4 nitrogen and oxygen atoms in total. The lowest BCUT2D eigenvalue weighted by atomic mass is 9.70. The van der Waals surface area contributed by atoms with Crippen molar-refractivity contribution in [1.82, 2.24) is 15.0 Å². The second-order valence-corrected chi connectivity index (χ2v) is 6.30. The Hall–Kier alpha value is -0.420. The minimum atomic E-state index is -0.771. The van der Waals surface area contributed by atoms with Crippen LogP contribution in [0.5, 0.6) is 0 Å². The SMILES string of the molecule is Cn1nnc(Br)c1C1(O)CCC(C)(C)CC1. The number of aryl methyl sites for hydroxylation is 1. The Morgan fingerprint density at radius 1 is 1.25 bits per heavy atom. The van der Waals surface area contributed by atoms with E-state index in [1.54, 1.807) is 4.68 Å². The number of aromatic nitrogens is 3. The third-order valence-corrected chi connectivity index (χ3v) is 4.19. The molecule has 5 heteroatoms. The summed E-state index contributed by atoms with van der Waals surface area (Å²) in [5.41, 5.74) is 0.375. The van der Waals surface area contributed by atoms with Gasteiger partial charge in [-0.2, -0.15) is 0 Å². The molecule has 1 N–H and O–H groups in total. The molecule has 1 aromatic rings. The Balaban J connectivity index is 2.28. The van der Waals surface area contributed by atoms with Crippen molar-refractivity contribution >= 4 is 15.9 Å². The van der Waals surface area contributed by atoms with Gasteiger partial charge in [0.05, 0.1) is 0 Å². The first-order valence-electron chi connectivity index (χ1n) is 5.62. The molecular formula is C11H18BrN3O. The number of hydrogen-bond acceptors (Lipinski definition) is 3. The Morgan fingerprint density at radius 2 is 1.81 bits per heavy atom. The van der Waals surface area contributed by atoms with Crippen LogP contribution in [0.4, 0.5) is 0 Å². The lowest BCUT2D eigenvalue weighted by Crippen LogP contribution is -2.36. The maximum Gasteiger partial charge on any atom is 0.154 e. The smallest absolute Gasteiger partial charge is 0.154 e. The highest BCUT2D eigenvalue weighted by atomic mass is 79.9. The van der Waals surface area contributed by atoms with Crippen LogP contribution in [0.25, 0.3) is 0 Å². The van der Waals surface area contributed by atoms with E-state index in [1.165, 1.54) is 0 Å². The number of aliphatic hydroxyl groups is 1. The van der Waals surface area contributed by atoms with Gasteiger partial charge in [-0.1, -0.05) is 19.1 Å². The first-order chi connectivity index (χ1) is 7.34. The van der Waals surface area contributed by atoms with Crippen LogP contribution in [0.2, 0.25) is 0 Å². The standard InChI is InChI=1S/C11H18BrN3O/c1-10(2)4-6-11(16,7-5-10)8-9(12)13-14-15(8)3/h16H,4-7H2,1-3H3. The van der Waals surface area contributed by atoms with Gasteiger partial charge in [0.15, 0.2) is 4.60 Å². The average molecular weight is 288 g/mol. The maximum atomic E-state index is 10.7. The molecule has 0 radical (unpaired) electrons. The fraction of sp³-hybridized carbons (Fsp3) is 0.818. The highest BCUT2D eigenvalue weighted by Gasteiger charge is 2.41. The van der Waals surface area contributed by atoms with Gasteiger partial charge in [0, 0.05) is 7.05 Å². The van der Waals surface area contributed by atoms with Gasteiger partial charge in [-0.05, 0) is 47.0 Å². The van der Waals surface area contributed by atoms with Crippen LogP contribution >= 0.6 is 15.9 Å². The van der Waals surface area contributed by atoms with Gasteiger partial charge in [-0.25, -0.2) is 4.68 Å². The molecule has 1 saturated carbocycles. The Bertz CT molecular complexity index is 370. The van der Waals surface area contributed by atoms with E-state index in [0.717, 1.165) is 31.4 Å². The Labute approximate surface area is 104 Å². The minimum absolute atomic E-state index is 0.338. The quantitative estimate of drug-likeness (QED) is 0.863. The van der Waals surface area contributed by atoms with Crippen molar-refractivity contribution in [2.45, 2.75) is 45.1 Å². The van der Waals surface area contributed by atoms with E-state index >= 15 is 0 Å². The molecule has 0 unspecified atom stereocenters. The molecule has 0 bridgehead atoms. The second kappa shape index (κ2) is 3.81. The summed E-state index contributed by atoms with van der Waals surface area (Å²) in [5.74, 6) is 0. The normalized spacial score (nSPS) is 23.3. The zero-order valence-electron chi connectivity index (χ0n) is 10.00. The number of nitrogens with zero attached hydrogens (tertiary/aromatic N) is 3. The summed E-state index contributed by atoms with van der Waals surface area (Å²) >= 11 is 3.36. The van der Waals surface area contributed by atoms with E-state index < -0.39 is 5.60 Å². The summed E-state index contributed by atoms with van der Waals surface area (Å²) in [7, 11) is 1.82. The van der Waals surface area contributed by atoms with Crippen molar-refractivity contribution in [2.75, 3.05) is 0 Å². The van der Waals surface area contributed by atoms with Gasteiger partial charge in [0.1, 0.15) is 11.3 Å². The van der Waals surface area contributed by atoms with Crippen molar-refractivity contribution in [3.8, 4) is 0 Å². The summed E-state index contributed by atoms with van der Waals surface area (Å²) in [5, 5.41) is 18.6. The van der Waals surface area contributed by atoms with E-state index in [0.29, 0.717) is 10.0 Å². The molecule has 1 aliphatic rings. The van der Waals surface area contributed by atoms with Crippen molar-refractivity contribution in [3.63, 3.8) is 0 Å². The molecule has 1 aliphatic carbocycles. The molecule has 2 rings (SSSR count). The largest absolute Gasteiger partial charge is 0.383 e. The monoisotopic (exact) mass is 287 g/mol. The highest BCUT2D eigenvalue weighted by Crippen LogP contribution is 2.46. The average Bonchev–Trinajstić information content (AvgIpc) is 2.53. The lowest BCUT2D eigenvalue weighted by Gasteiger charge is -2.40. The summed E-state index contributed by atoms with van der Waals surface area (Å²) in [6.45, 7) is 4.51. The third-order valence-electron chi connectivity index (χ3n) is 3.66. The van der Waals surface area contributed by atoms with Crippen molar-refractivity contribution in [2.24, 2.45) is 12.5 Å². The molecule has 0 aliphatic heterocycles. The molecule has 1 heterocycles. The number of rotatable bonds is 1. The predicted octanol–water partition coefficient (Wildman–Crippen LogP) is 2.37. The summed E-state index contributed by atoms with van der Waals surface area (Å²) in [4.78, 5) is 0. The van der Waals surface area contributed by atoms with E-state index in [1.807, 2.05) is 7.05 Å². The van der Waals surface area contributed by atoms with E-state index in [4.69, 9.17) is 0 Å². The summed E-state index contributed by atoms with van der Waals surface area (Å²) in [6, 6.07) is 0. The van der Waals surface area contributed by atoms with E-state index in [9.17, 15) is 5.11 Å². The zero-order chi connectivity index (χ0) is 12.0. The Kier molecular flexibility index (Phi) is 2.87. The fourth-order valence-electron chi connectivity index (χ4n) is 2.40. The molecule has 16 heavy (non-hydrogen) atoms.